The third-order valence-electron chi connectivity index (χ3n) is 3.79. The van der Waals surface area contributed by atoms with E-state index in [1.165, 1.54) is 19.2 Å². The van der Waals surface area contributed by atoms with E-state index < -0.39 is 24.2 Å². The maximum Gasteiger partial charge on any atom is 0.310 e. The van der Waals surface area contributed by atoms with Gasteiger partial charge in [0.05, 0.1) is 13.5 Å². The predicted molar refractivity (Wildman–Crippen MR) is 89.4 cm³/mol. The van der Waals surface area contributed by atoms with E-state index in [0.717, 1.165) is 6.07 Å². The highest BCUT2D eigenvalue weighted by Crippen LogP contribution is 2.30. The van der Waals surface area contributed by atoms with E-state index >= 15 is 0 Å². The second-order valence-corrected chi connectivity index (χ2v) is 5.59. The van der Waals surface area contributed by atoms with Gasteiger partial charge in [-0.3, -0.25) is 9.59 Å². The number of benzene rings is 2. The van der Waals surface area contributed by atoms with Gasteiger partial charge in [0.15, 0.2) is 35.5 Å². The van der Waals surface area contributed by atoms with Crippen molar-refractivity contribution >= 4 is 11.8 Å². The number of methoxy groups -OCH3 is 1. The van der Waals surface area contributed by atoms with E-state index in [1.54, 1.807) is 18.2 Å². The van der Waals surface area contributed by atoms with Crippen LogP contribution in [0.3, 0.4) is 0 Å². The fourth-order valence-electron chi connectivity index (χ4n) is 2.48. The van der Waals surface area contributed by atoms with Gasteiger partial charge in [-0.05, 0) is 35.9 Å². The van der Waals surface area contributed by atoms with Gasteiger partial charge in [-0.2, -0.15) is 0 Å². The fraction of sp³-hybridized carbons (Fsp3) is 0.263. The van der Waals surface area contributed by atoms with E-state index in [9.17, 15) is 14.0 Å². The van der Waals surface area contributed by atoms with Crippen LogP contribution in [0.2, 0.25) is 0 Å². The van der Waals surface area contributed by atoms with Crippen molar-refractivity contribution in [1.29, 1.82) is 0 Å². The van der Waals surface area contributed by atoms with Crippen LogP contribution in [0.4, 0.5) is 4.39 Å². The van der Waals surface area contributed by atoms with Gasteiger partial charge < -0.3 is 18.9 Å². The molecule has 0 spiro atoms. The van der Waals surface area contributed by atoms with Crippen LogP contribution in [0.15, 0.2) is 36.4 Å². The van der Waals surface area contributed by atoms with Gasteiger partial charge in [0.1, 0.15) is 13.2 Å². The number of hydrogen-bond donors (Lipinski definition) is 0. The third-order valence-corrected chi connectivity index (χ3v) is 3.79. The zero-order chi connectivity index (χ0) is 18.5. The minimum Gasteiger partial charge on any atom is -0.494 e. The highest BCUT2D eigenvalue weighted by Gasteiger charge is 2.16. The molecule has 0 atom stereocenters. The number of hydrogen-bond acceptors (Lipinski definition) is 6. The molecule has 0 saturated heterocycles. The Balaban J connectivity index is 1.55. The molecule has 0 amide bonds. The Hall–Kier alpha value is -3.09. The Bertz CT molecular complexity index is 833. The zero-order valence-electron chi connectivity index (χ0n) is 14.1. The molecule has 2 aromatic rings. The monoisotopic (exact) mass is 360 g/mol. The van der Waals surface area contributed by atoms with Crippen molar-refractivity contribution in [1.82, 2.24) is 0 Å². The highest BCUT2D eigenvalue weighted by molar-refractivity contribution is 5.98. The molecular weight excluding hydrogens is 343 g/mol. The minimum atomic E-state index is -0.652. The lowest BCUT2D eigenvalue weighted by Gasteiger charge is -2.18. The molecule has 7 heteroatoms. The molecule has 0 saturated carbocycles. The molecule has 1 aliphatic rings. The first kappa shape index (κ1) is 17.7. The van der Waals surface area contributed by atoms with Gasteiger partial charge in [-0.1, -0.05) is 6.07 Å². The van der Waals surface area contributed by atoms with Crippen molar-refractivity contribution < 1.29 is 32.9 Å². The summed E-state index contributed by atoms with van der Waals surface area (Å²) in [5.74, 6) is -0.472. The number of carbonyl (C=O) groups is 2. The molecule has 0 bridgehead atoms. The number of carbonyl (C=O) groups excluding carboxylic acids is 2. The summed E-state index contributed by atoms with van der Waals surface area (Å²) in [5.41, 5.74) is 0.789. The number of ketones is 1. The molecule has 0 unspecified atom stereocenters. The van der Waals surface area contributed by atoms with Crippen LogP contribution in [0.1, 0.15) is 15.9 Å². The number of esters is 1. The molecule has 26 heavy (non-hydrogen) atoms. The highest BCUT2D eigenvalue weighted by atomic mass is 19.1. The average molecular weight is 360 g/mol. The third kappa shape index (κ3) is 4.11. The molecule has 3 rings (SSSR count). The lowest BCUT2D eigenvalue weighted by Crippen LogP contribution is -2.17. The first-order valence-corrected chi connectivity index (χ1v) is 7.97. The molecule has 0 fully saturated rings. The number of halogens is 1. The van der Waals surface area contributed by atoms with E-state index in [0.29, 0.717) is 30.3 Å². The van der Waals surface area contributed by atoms with Crippen LogP contribution in [0, 0.1) is 5.82 Å². The smallest absolute Gasteiger partial charge is 0.310 e. The van der Waals surface area contributed by atoms with Crippen LogP contribution in [-0.2, 0) is 16.0 Å². The topological polar surface area (TPSA) is 71.1 Å². The van der Waals surface area contributed by atoms with Gasteiger partial charge in [0, 0.05) is 5.56 Å². The average Bonchev–Trinajstić information content (AvgIpc) is 2.66. The van der Waals surface area contributed by atoms with E-state index in [4.69, 9.17) is 18.9 Å². The molecule has 0 radical (unpaired) electrons. The number of Topliss-reactive ketones (excluding diaryl/α,β-unsaturated/α-hetero) is 1. The van der Waals surface area contributed by atoms with E-state index in [-0.39, 0.29) is 17.7 Å². The molecule has 0 N–H and O–H groups in total. The Kier molecular flexibility index (Phi) is 5.36. The summed E-state index contributed by atoms with van der Waals surface area (Å²) >= 11 is 0. The fourth-order valence-corrected chi connectivity index (χ4v) is 2.48. The van der Waals surface area contributed by atoms with Gasteiger partial charge in [-0.25, -0.2) is 4.39 Å². The molecule has 0 aromatic heterocycles. The lowest BCUT2D eigenvalue weighted by atomic mass is 10.1. The van der Waals surface area contributed by atoms with Crippen LogP contribution in [-0.4, -0.2) is 38.7 Å². The lowest BCUT2D eigenvalue weighted by molar-refractivity contribution is -0.141. The maximum absolute atomic E-state index is 13.6. The molecule has 136 valence electrons. The van der Waals surface area contributed by atoms with E-state index in [1.807, 2.05) is 0 Å². The Labute approximate surface area is 149 Å². The summed E-state index contributed by atoms with van der Waals surface area (Å²) in [6.45, 7) is 0.478. The van der Waals surface area contributed by atoms with Crippen molar-refractivity contribution in [3.63, 3.8) is 0 Å². The number of rotatable bonds is 6. The SMILES string of the molecule is COc1ccc(C(=O)COC(=O)Cc2ccc3c(c2)OCCO3)cc1F. The molecular formula is C19H17FO6. The zero-order valence-corrected chi connectivity index (χ0v) is 14.1. The summed E-state index contributed by atoms with van der Waals surface area (Å²) in [4.78, 5) is 24.0. The van der Waals surface area contributed by atoms with Crippen LogP contribution in [0.5, 0.6) is 17.2 Å². The van der Waals surface area contributed by atoms with Gasteiger partial charge in [0.25, 0.3) is 0 Å². The largest absolute Gasteiger partial charge is 0.494 e. The second kappa shape index (κ2) is 7.86. The Morgan fingerprint density at radius 2 is 1.85 bits per heavy atom. The van der Waals surface area contributed by atoms with Crippen molar-refractivity contribution in [2.75, 3.05) is 26.9 Å². The van der Waals surface area contributed by atoms with Crippen molar-refractivity contribution in [3.8, 4) is 17.2 Å². The Morgan fingerprint density at radius 1 is 1.08 bits per heavy atom. The predicted octanol–water partition coefficient (Wildman–Crippen LogP) is 2.57. The van der Waals surface area contributed by atoms with Crippen LogP contribution >= 0.6 is 0 Å². The Morgan fingerprint density at radius 3 is 2.58 bits per heavy atom. The van der Waals surface area contributed by atoms with Crippen molar-refractivity contribution in [2.24, 2.45) is 0 Å². The molecule has 1 aliphatic heterocycles. The normalized spacial score (nSPS) is 12.4. The summed E-state index contributed by atoms with van der Waals surface area (Å²) in [5, 5.41) is 0. The van der Waals surface area contributed by atoms with Gasteiger partial charge >= 0.3 is 5.97 Å². The minimum absolute atomic E-state index is 0.0130. The van der Waals surface area contributed by atoms with Crippen molar-refractivity contribution in [2.45, 2.75) is 6.42 Å². The molecule has 6 nitrogen and oxygen atoms in total. The number of fused-ring (bicyclic) bond motifs is 1. The van der Waals surface area contributed by atoms with Crippen molar-refractivity contribution in [3.05, 3.63) is 53.3 Å². The van der Waals surface area contributed by atoms with Gasteiger partial charge in [0.2, 0.25) is 0 Å². The molecule has 1 heterocycles. The molecule has 0 aliphatic carbocycles. The first-order valence-electron chi connectivity index (χ1n) is 7.97. The van der Waals surface area contributed by atoms with Crippen LogP contribution < -0.4 is 14.2 Å². The first-order chi connectivity index (χ1) is 12.6. The standard InChI is InChI=1S/C19H17FO6/c1-23-16-5-3-13(10-14(16)20)15(21)11-26-19(22)9-12-2-4-17-18(8-12)25-7-6-24-17/h2-5,8,10H,6-7,9,11H2,1H3. The van der Waals surface area contributed by atoms with Crippen LogP contribution in [0.25, 0.3) is 0 Å². The quantitative estimate of drug-likeness (QED) is 0.582. The summed E-state index contributed by atoms with van der Waals surface area (Å²) in [7, 11) is 1.33. The summed E-state index contributed by atoms with van der Waals surface area (Å²) < 4.78 is 34.3. The summed E-state index contributed by atoms with van der Waals surface area (Å²) in [6.07, 6.45) is -0.0130. The number of ether oxygens (including phenoxy) is 4. The van der Waals surface area contributed by atoms with E-state index in [2.05, 4.69) is 0 Å². The molecule has 2 aromatic carbocycles. The second-order valence-electron chi connectivity index (χ2n) is 5.59. The summed E-state index contributed by atoms with van der Waals surface area (Å²) in [6, 6.07) is 8.97. The van der Waals surface area contributed by atoms with Gasteiger partial charge in [-0.15, -0.1) is 0 Å². The maximum atomic E-state index is 13.6.